The normalized spacial score (nSPS) is 16.3. The van der Waals surface area contributed by atoms with E-state index in [-0.39, 0.29) is 17.0 Å². The van der Waals surface area contributed by atoms with E-state index in [2.05, 4.69) is 10.6 Å². The van der Waals surface area contributed by atoms with Gasteiger partial charge in [-0.3, -0.25) is 4.79 Å². The Morgan fingerprint density at radius 2 is 2.09 bits per heavy atom. The molecule has 1 aliphatic rings. The Morgan fingerprint density at radius 1 is 1.35 bits per heavy atom. The zero-order valence-corrected chi connectivity index (χ0v) is 14.1. The Morgan fingerprint density at radius 3 is 2.74 bits per heavy atom. The highest BCUT2D eigenvalue weighted by atomic mass is 16.5. The average molecular weight is 321 g/mol. The van der Waals surface area contributed by atoms with E-state index in [1.807, 2.05) is 6.92 Å². The third kappa shape index (κ3) is 4.82. The molecule has 128 valence electrons. The van der Waals surface area contributed by atoms with Gasteiger partial charge in [0, 0.05) is 39.1 Å². The number of nitrogens with one attached hydrogen (secondary N) is 2. The van der Waals surface area contributed by atoms with Crippen LogP contribution in [0.4, 0.5) is 10.5 Å². The molecule has 0 radical (unpaired) electrons. The van der Waals surface area contributed by atoms with Gasteiger partial charge in [0.25, 0.3) is 5.56 Å². The summed E-state index contributed by atoms with van der Waals surface area (Å²) in [4.78, 5) is 23.7. The molecule has 0 atom stereocenters. The van der Waals surface area contributed by atoms with Crippen LogP contribution < -0.4 is 16.2 Å². The van der Waals surface area contributed by atoms with Crippen LogP contribution in [0, 0.1) is 5.41 Å². The molecule has 1 aliphatic carbocycles. The third-order valence-electron chi connectivity index (χ3n) is 4.71. The van der Waals surface area contributed by atoms with Gasteiger partial charge in [0.05, 0.1) is 5.69 Å². The van der Waals surface area contributed by atoms with Gasteiger partial charge in [-0.2, -0.15) is 0 Å². The van der Waals surface area contributed by atoms with Gasteiger partial charge in [0.2, 0.25) is 0 Å². The summed E-state index contributed by atoms with van der Waals surface area (Å²) in [5.74, 6) is 0. The lowest BCUT2D eigenvalue weighted by atomic mass is 9.83. The Bertz CT molecular complexity index is 577. The molecule has 1 heterocycles. The fourth-order valence-corrected chi connectivity index (χ4v) is 3.25. The molecule has 1 saturated carbocycles. The fourth-order valence-electron chi connectivity index (χ4n) is 3.25. The molecule has 0 aromatic carbocycles. The van der Waals surface area contributed by atoms with Crippen molar-refractivity contribution in [2.24, 2.45) is 5.41 Å². The number of aromatic nitrogens is 1. The maximum absolute atomic E-state index is 12.1. The van der Waals surface area contributed by atoms with Crippen molar-refractivity contribution in [3.8, 4) is 0 Å². The second kappa shape index (κ2) is 8.15. The third-order valence-corrected chi connectivity index (χ3v) is 4.71. The summed E-state index contributed by atoms with van der Waals surface area (Å²) in [6.07, 6.45) is 7.35. The molecule has 0 unspecified atom stereocenters. The van der Waals surface area contributed by atoms with Crippen LogP contribution in [0.15, 0.2) is 23.1 Å². The average Bonchev–Trinajstić information content (AvgIpc) is 3.02. The van der Waals surface area contributed by atoms with Crippen LogP contribution in [0.1, 0.15) is 39.0 Å². The van der Waals surface area contributed by atoms with Gasteiger partial charge >= 0.3 is 6.03 Å². The lowest BCUT2D eigenvalue weighted by Gasteiger charge is -2.29. The number of amides is 2. The molecule has 1 fully saturated rings. The molecule has 2 N–H and O–H groups in total. The van der Waals surface area contributed by atoms with Crippen molar-refractivity contribution >= 4 is 11.7 Å². The standard InChI is InChI=1S/C17H27N3O3/c1-3-20-12-14(6-7-15(20)21)19-16(22)18-13-17(10-11-23-2)8-4-5-9-17/h6-7,12H,3-5,8-11,13H2,1-2H3,(H2,18,19,22). The minimum absolute atomic E-state index is 0.0667. The maximum atomic E-state index is 12.1. The summed E-state index contributed by atoms with van der Waals surface area (Å²) in [7, 11) is 1.71. The van der Waals surface area contributed by atoms with Crippen molar-refractivity contribution < 1.29 is 9.53 Å². The van der Waals surface area contributed by atoms with Crippen LogP contribution in [0.25, 0.3) is 0 Å². The molecule has 2 rings (SSSR count). The number of rotatable bonds is 7. The van der Waals surface area contributed by atoms with Crippen LogP contribution in [-0.4, -0.2) is 30.9 Å². The minimum Gasteiger partial charge on any atom is -0.385 e. The quantitative estimate of drug-likeness (QED) is 0.811. The zero-order valence-electron chi connectivity index (χ0n) is 14.1. The second-order valence-corrected chi connectivity index (χ2v) is 6.30. The van der Waals surface area contributed by atoms with E-state index in [4.69, 9.17) is 4.74 Å². The predicted molar refractivity (Wildman–Crippen MR) is 90.8 cm³/mol. The molecule has 1 aromatic rings. The Hall–Kier alpha value is -1.82. The Kier molecular flexibility index (Phi) is 6.21. The highest BCUT2D eigenvalue weighted by molar-refractivity contribution is 5.88. The van der Waals surface area contributed by atoms with Crippen LogP contribution >= 0.6 is 0 Å². The summed E-state index contributed by atoms with van der Waals surface area (Å²) in [6, 6.07) is 2.87. The molecule has 0 aliphatic heterocycles. The van der Waals surface area contributed by atoms with Gasteiger partial charge in [0.1, 0.15) is 0 Å². The molecular formula is C17H27N3O3. The van der Waals surface area contributed by atoms with Gasteiger partial charge in [-0.15, -0.1) is 0 Å². The van der Waals surface area contributed by atoms with Gasteiger partial charge < -0.3 is 19.9 Å². The number of urea groups is 1. The van der Waals surface area contributed by atoms with Gasteiger partial charge in [0.15, 0.2) is 0 Å². The van der Waals surface area contributed by atoms with Crippen molar-refractivity contribution in [2.75, 3.05) is 25.6 Å². The largest absolute Gasteiger partial charge is 0.385 e. The first-order chi connectivity index (χ1) is 11.1. The number of carbonyl (C=O) groups excluding carboxylic acids is 1. The van der Waals surface area contributed by atoms with Crippen molar-refractivity contribution in [1.82, 2.24) is 9.88 Å². The lowest BCUT2D eigenvalue weighted by molar-refractivity contribution is 0.136. The first-order valence-corrected chi connectivity index (χ1v) is 8.33. The molecule has 0 spiro atoms. The number of nitrogens with zero attached hydrogens (tertiary/aromatic N) is 1. The molecule has 0 bridgehead atoms. The number of hydrogen-bond acceptors (Lipinski definition) is 3. The van der Waals surface area contributed by atoms with Crippen molar-refractivity contribution in [3.05, 3.63) is 28.7 Å². The zero-order chi connectivity index (χ0) is 16.7. The van der Waals surface area contributed by atoms with Crippen molar-refractivity contribution in [2.45, 2.75) is 45.6 Å². The monoisotopic (exact) mass is 321 g/mol. The number of carbonyl (C=O) groups is 1. The van der Waals surface area contributed by atoms with E-state index in [0.717, 1.165) is 25.9 Å². The molecule has 6 nitrogen and oxygen atoms in total. The highest BCUT2D eigenvalue weighted by Crippen LogP contribution is 2.40. The Balaban J connectivity index is 1.90. The molecule has 0 saturated heterocycles. The van der Waals surface area contributed by atoms with Gasteiger partial charge in [-0.1, -0.05) is 12.8 Å². The summed E-state index contributed by atoms with van der Waals surface area (Å²) >= 11 is 0. The van der Waals surface area contributed by atoms with Crippen LogP contribution in [-0.2, 0) is 11.3 Å². The minimum atomic E-state index is -0.227. The first-order valence-electron chi connectivity index (χ1n) is 8.33. The van der Waals surface area contributed by atoms with Crippen LogP contribution in [0.2, 0.25) is 0 Å². The SMILES string of the molecule is CCn1cc(NC(=O)NCC2(CCOC)CCCC2)ccc1=O. The summed E-state index contributed by atoms with van der Waals surface area (Å²) in [5.41, 5.74) is 0.722. The number of pyridine rings is 1. The molecule has 1 aromatic heterocycles. The smallest absolute Gasteiger partial charge is 0.319 e. The number of hydrogen-bond donors (Lipinski definition) is 2. The Labute approximate surface area is 137 Å². The predicted octanol–water partition coefficient (Wildman–Crippen LogP) is 2.59. The fraction of sp³-hybridized carbons (Fsp3) is 0.647. The number of ether oxygens (including phenoxy) is 1. The van der Waals surface area contributed by atoms with E-state index in [0.29, 0.717) is 18.8 Å². The van der Waals surface area contributed by atoms with E-state index in [1.54, 1.807) is 23.9 Å². The molecule has 6 heteroatoms. The van der Waals surface area contributed by atoms with E-state index >= 15 is 0 Å². The van der Waals surface area contributed by atoms with Crippen LogP contribution in [0.5, 0.6) is 0 Å². The number of methoxy groups -OCH3 is 1. The summed E-state index contributed by atoms with van der Waals surface area (Å²) < 4.78 is 6.77. The van der Waals surface area contributed by atoms with Crippen molar-refractivity contribution in [3.63, 3.8) is 0 Å². The molecule has 23 heavy (non-hydrogen) atoms. The van der Waals surface area contributed by atoms with Crippen LogP contribution in [0.3, 0.4) is 0 Å². The summed E-state index contributed by atoms with van der Waals surface area (Å²) in [6.45, 7) is 3.86. The van der Waals surface area contributed by atoms with Gasteiger partial charge in [-0.05, 0) is 37.7 Å². The highest BCUT2D eigenvalue weighted by Gasteiger charge is 2.33. The summed E-state index contributed by atoms with van der Waals surface area (Å²) in [5, 5.41) is 5.78. The van der Waals surface area contributed by atoms with Crippen molar-refractivity contribution in [1.29, 1.82) is 0 Å². The lowest BCUT2D eigenvalue weighted by Crippen LogP contribution is -2.39. The van der Waals surface area contributed by atoms with Gasteiger partial charge in [-0.25, -0.2) is 4.79 Å². The van der Waals surface area contributed by atoms with E-state index < -0.39 is 0 Å². The number of aryl methyl sites for hydroxylation is 1. The number of anilines is 1. The maximum Gasteiger partial charge on any atom is 0.319 e. The second-order valence-electron chi connectivity index (χ2n) is 6.30. The molecular weight excluding hydrogens is 294 g/mol. The van der Waals surface area contributed by atoms with E-state index in [1.165, 1.54) is 18.9 Å². The molecule has 2 amide bonds. The topological polar surface area (TPSA) is 72.4 Å². The first kappa shape index (κ1) is 17.5. The van der Waals surface area contributed by atoms with E-state index in [9.17, 15) is 9.59 Å².